The van der Waals surface area contributed by atoms with Crippen LogP contribution in [0.1, 0.15) is 6.92 Å². The molecule has 0 aliphatic heterocycles. The maximum Gasteiger partial charge on any atom is 2.00 e. The molecule has 0 heterocycles. The smallest absolute Gasteiger partial charge is 0.346 e. The molecule has 0 unspecified atom stereocenters. The summed E-state index contributed by atoms with van der Waals surface area (Å²) in [4.78, 5) is 0. The van der Waals surface area contributed by atoms with Gasteiger partial charge < -0.3 is 6.92 Å². The van der Waals surface area contributed by atoms with Gasteiger partial charge in [0, 0.05) is 0 Å². The van der Waals surface area contributed by atoms with E-state index in [1.165, 1.54) is 0 Å². The van der Waals surface area contributed by atoms with Crippen molar-refractivity contribution in [3.05, 3.63) is 37.3 Å². The van der Waals surface area contributed by atoms with Gasteiger partial charge in [-0.1, -0.05) is 0 Å². The maximum atomic E-state index is 3.25. The van der Waals surface area contributed by atoms with Gasteiger partial charge in [-0.25, -0.2) is 12.1 Å². The molecule has 8 heavy (non-hydrogen) atoms. The molecular weight excluding hydrogens is 140 g/mol. The van der Waals surface area contributed by atoms with Crippen molar-refractivity contribution in [2.75, 3.05) is 0 Å². The molecule has 1 heteroatoms. The minimum Gasteiger partial charge on any atom is -0.346 e. The van der Waals surface area contributed by atoms with Crippen molar-refractivity contribution in [3.8, 4) is 0 Å². The van der Waals surface area contributed by atoms with Crippen molar-refractivity contribution in [2.24, 2.45) is 0 Å². The first-order valence-corrected chi connectivity index (χ1v) is 2.37. The minimum absolute atomic E-state index is 0. The van der Waals surface area contributed by atoms with Crippen molar-refractivity contribution in [2.45, 2.75) is 6.92 Å². The van der Waals surface area contributed by atoms with Gasteiger partial charge in [-0.3, -0.25) is 0 Å². The Balaban J connectivity index is 0. The van der Waals surface area contributed by atoms with Gasteiger partial charge in [-0.05, 0) is 0 Å². The third kappa shape index (κ3) is 5.87. The van der Waals surface area contributed by atoms with Crippen LogP contribution >= 0.6 is 0 Å². The van der Waals surface area contributed by atoms with Crippen molar-refractivity contribution >= 4 is 0 Å². The summed E-state index contributed by atoms with van der Waals surface area (Å²) in [5.41, 5.74) is 0. The summed E-state index contributed by atoms with van der Waals surface area (Å²) in [6.45, 7) is 5.00. The predicted octanol–water partition coefficient (Wildman–Crippen LogP) is 2.24. The van der Waals surface area contributed by atoms with E-state index >= 15 is 0 Å². The van der Waals surface area contributed by atoms with Crippen LogP contribution in [-0.4, -0.2) is 0 Å². The first-order valence-electron chi connectivity index (χ1n) is 2.37. The van der Waals surface area contributed by atoms with Crippen LogP contribution in [-0.2, 0) is 17.1 Å². The zero-order valence-electron chi connectivity index (χ0n) is 4.95. The van der Waals surface area contributed by atoms with Crippen LogP contribution in [0.2, 0.25) is 0 Å². The molecule has 1 rings (SSSR count). The van der Waals surface area contributed by atoms with E-state index in [1.807, 2.05) is 30.3 Å². The van der Waals surface area contributed by atoms with Crippen LogP contribution in [0.15, 0.2) is 30.3 Å². The minimum atomic E-state index is 0. The van der Waals surface area contributed by atoms with E-state index in [1.54, 1.807) is 6.92 Å². The Morgan fingerprint density at radius 2 is 1.50 bits per heavy atom. The SMILES string of the molecule is [CH2-]C.[Fe+2].c1cc[cH-]c1. The normalized spacial score (nSPS) is 5.75. The summed E-state index contributed by atoms with van der Waals surface area (Å²) in [6, 6.07) is 10.0. The van der Waals surface area contributed by atoms with Gasteiger partial charge >= 0.3 is 17.1 Å². The molecule has 0 bridgehead atoms. The quantitative estimate of drug-likeness (QED) is 0.393. The van der Waals surface area contributed by atoms with E-state index < -0.39 is 0 Å². The summed E-state index contributed by atoms with van der Waals surface area (Å²) in [7, 11) is 0. The molecule has 0 nitrogen and oxygen atoms in total. The fourth-order valence-electron chi connectivity index (χ4n) is 0.321. The summed E-state index contributed by atoms with van der Waals surface area (Å²) in [5, 5.41) is 0. The molecule has 1 aromatic carbocycles. The zero-order valence-corrected chi connectivity index (χ0v) is 6.05. The average molecular weight is 150 g/mol. The molecule has 0 saturated carbocycles. The zero-order chi connectivity index (χ0) is 5.54. The first-order chi connectivity index (χ1) is 3.50. The molecule has 0 spiro atoms. The van der Waals surface area contributed by atoms with E-state index in [9.17, 15) is 0 Å². The second kappa shape index (κ2) is 9.98. The standard InChI is InChI=1S/C5H5.C2H5.Fe/c1-2-4-5-3-1;1-2;/h1-5H;1H2,2H3;/q2*-1;+2. The van der Waals surface area contributed by atoms with Crippen LogP contribution in [0.5, 0.6) is 0 Å². The van der Waals surface area contributed by atoms with Crippen molar-refractivity contribution in [1.29, 1.82) is 0 Å². The second-order valence-electron chi connectivity index (χ2n) is 0.962. The van der Waals surface area contributed by atoms with Crippen LogP contribution in [0.3, 0.4) is 0 Å². The molecule has 0 fully saturated rings. The van der Waals surface area contributed by atoms with Crippen molar-refractivity contribution in [3.63, 3.8) is 0 Å². The van der Waals surface area contributed by atoms with Crippen LogP contribution in [0.4, 0.5) is 0 Å². The average Bonchev–Trinajstić information content (AvgIpc) is 2.23. The molecule has 0 amide bonds. The van der Waals surface area contributed by atoms with Gasteiger partial charge in [0.05, 0.1) is 0 Å². The van der Waals surface area contributed by atoms with E-state index in [0.717, 1.165) is 0 Å². The van der Waals surface area contributed by atoms with E-state index in [2.05, 4.69) is 6.92 Å². The Morgan fingerprint density at radius 3 is 1.62 bits per heavy atom. The van der Waals surface area contributed by atoms with Crippen molar-refractivity contribution < 1.29 is 17.1 Å². The number of hydrogen-bond donors (Lipinski definition) is 0. The molecular formula is C7H10Fe. The van der Waals surface area contributed by atoms with Gasteiger partial charge in [0.1, 0.15) is 0 Å². The summed E-state index contributed by atoms with van der Waals surface area (Å²) >= 11 is 0. The van der Waals surface area contributed by atoms with Crippen LogP contribution < -0.4 is 0 Å². The molecule has 1 aromatic rings. The topological polar surface area (TPSA) is 0 Å². The van der Waals surface area contributed by atoms with Crippen LogP contribution in [0.25, 0.3) is 0 Å². The summed E-state index contributed by atoms with van der Waals surface area (Å²) < 4.78 is 0. The van der Waals surface area contributed by atoms with Gasteiger partial charge in [0.2, 0.25) is 0 Å². The van der Waals surface area contributed by atoms with Gasteiger partial charge in [0.15, 0.2) is 0 Å². The molecule has 0 aromatic heterocycles. The Kier molecular flexibility index (Phi) is 13.4. The molecule has 0 radical (unpaired) electrons. The van der Waals surface area contributed by atoms with E-state index in [0.29, 0.717) is 0 Å². The molecule has 0 aliphatic rings. The van der Waals surface area contributed by atoms with E-state index in [4.69, 9.17) is 0 Å². The van der Waals surface area contributed by atoms with Gasteiger partial charge in [0.25, 0.3) is 0 Å². The third-order valence-electron chi connectivity index (χ3n) is 0.556. The largest absolute Gasteiger partial charge is 2.00 e. The number of rotatable bonds is 0. The predicted molar refractivity (Wildman–Crippen MR) is 33.1 cm³/mol. The van der Waals surface area contributed by atoms with E-state index in [-0.39, 0.29) is 17.1 Å². The molecule has 0 N–H and O–H groups in total. The van der Waals surface area contributed by atoms with Gasteiger partial charge in [-0.15, -0.1) is 0 Å². The second-order valence-corrected chi connectivity index (χ2v) is 0.962. The molecule has 0 aliphatic carbocycles. The Morgan fingerprint density at radius 1 is 1.12 bits per heavy atom. The molecule has 0 saturated heterocycles. The Bertz CT molecular complexity index is 60.9. The molecule has 46 valence electrons. The summed E-state index contributed by atoms with van der Waals surface area (Å²) in [5.74, 6) is 0. The fraction of sp³-hybridized carbons (Fsp3) is 0.143. The Labute approximate surface area is 61.8 Å². The monoisotopic (exact) mass is 150 g/mol. The maximum absolute atomic E-state index is 3.25. The van der Waals surface area contributed by atoms with Gasteiger partial charge in [-0.2, -0.15) is 25.1 Å². The third-order valence-corrected chi connectivity index (χ3v) is 0.556. The summed E-state index contributed by atoms with van der Waals surface area (Å²) in [6.07, 6.45) is 0. The Hall–Kier alpha value is -0.131. The van der Waals surface area contributed by atoms with Crippen molar-refractivity contribution in [1.82, 2.24) is 0 Å². The molecule has 0 atom stereocenters. The number of hydrogen-bond acceptors (Lipinski definition) is 0. The first kappa shape index (κ1) is 10.8. The van der Waals surface area contributed by atoms with Crippen LogP contribution in [0, 0.1) is 6.92 Å². The fourth-order valence-corrected chi connectivity index (χ4v) is 0.321.